The maximum absolute atomic E-state index is 8.90. The van der Waals surface area contributed by atoms with Crippen molar-refractivity contribution >= 4 is 11.7 Å². The van der Waals surface area contributed by atoms with Gasteiger partial charge >= 0.3 is 0 Å². The average Bonchev–Trinajstić information content (AvgIpc) is 2.42. The number of pyridine rings is 1. The van der Waals surface area contributed by atoms with Gasteiger partial charge in [0.25, 0.3) is 0 Å². The molecule has 0 bridgehead atoms. The molecule has 0 saturated heterocycles. The van der Waals surface area contributed by atoms with Crippen LogP contribution in [0.2, 0.25) is 0 Å². The van der Waals surface area contributed by atoms with Crippen molar-refractivity contribution in [3.63, 3.8) is 0 Å². The summed E-state index contributed by atoms with van der Waals surface area (Å²) >= 11 is 0. The van der Waals surface area contributed by atoms with Crippen molar-refractivity contribution < 1.29 is 5.21 Å². The number of hydrogen-bond donors (Lipinski definition) is 2. The van der Waals surface area contributed by atoms with Crippen molar-refractivity contribution in [3.05, 3.63) is 23.9 Å². The minimum Gasteiger partial charge on any atom is -0.409 e. The van der Waals surface area contributed by atoms with E-state index in [0.29, 0.717) is 11.5 Å². The van der Waals surface area contributed by atoms with E-state index in [9.17, 15) is 0 Å². The zero-order chi connectivity index (χ0) is 15.1. The molecule has 0 aliphatic heterocycles. The van der Waals surface area contributed by atoms with Crippen molar-refractivity contribution in [2.24, 2.45) is 16.8 Å². The van der Waals surface area contributed by atoms with Crippen molar-refractivity contribution in [2.45, 2.75) is 13.8 Å². The maximum atomic E-state index is 8.90. The number of rotatable bonds is 7. The molecular weight excluding hydrogens is 254 g/mol. The van der Waals surface area contributed by atoms with E-state index in [1.165, 1.54) is 0 Å². The van der Waals surface area contributed by atoms with Crippen molar-refractivity contribution in [2.75, 3.05) is 38.6 Å². The van der Waals surface area contributed by atoms with E-state index < -0.39 is 0 Å². The summed E-state index contributed by atoms with van der Waals surface area (Å²) in [5, 5.41) is 12.0. The molecule has 0 aromatic carbocycles. The number of likely N-dealkylation sites (N-methyl/N-ethyl adjacent to an activating group) is 1. The van der Waals surface area contributed by atoms with Crippen molar-refractivity contribution in [1.82, 2.24) is 9.88 Å². The predicted molar refractivity (Wildman–Crippen MR) is 82.4 cm³/mol. The molecule has 1 aromatic rings. The molecule has 0 aliphatic rings. The van der Waals surface area contributed by atoms with Gasteiger partial charge < -0.3 is 20.7 Å². The minimum absolute atomic E-state index is 0.0895. The Morgan fingerprint density at radius 1 is 1.40 bits per heavy atom. The SMILES string of the molecule is CC(C)CN(CCN(C)C)c1ncccc1C(N)=NO. The van der Waals surface area contributed by atoms with E-state index in [1.54, 1.807) is 12.3 Å². The number of anilines is 1. The molecule has 0 spiro atoms. The van der Waals surface area contributed by atoms with Crippen LogP contribution in [0, 0.1) is 5.92 Å². The topological polar surface area (TPSA) is 78.0 Å². The molecule has 0 radical (unpaired) electrons. The molecule has 6 heteroatoms. The fraction of sp³-hybridized carbons (Fsp3) is 0.571. The van der Waals surface area contributed by atoms with Crippen LogP contribution in [0.5, 0.6) is 0 Å². The Labute approximate surface area is 120 Å². The van der Waals surface area contributed by atoms with E-state index in [-0.39, 0.29) is 5.84 Å². The molecule has 20 heavy (non-hydrogen) atoms. The molecule has 3 N–H and O–H groups in total. The van der Waals surface area contributed by atoms with Crippen molar-refractivity contribution in [1.29, 1.82) is 0 Å². The minimum atomic E-state index is 0.0895. The summed E-state index contributed by atoms with van der Waals surface area (Å²) in [5.74, 6) is 1.35. The summed E-state index contributed by atoms with van der Waals surface area (Å²) in [6.45, 7) is 6.95. The van der Waals surface area contributed by atoms with Crippen LogP contribution in [0.3, 0.4) is 0 Å². The molecule has 0 fully saturated rings. The summed E-state index contributed by atoms with van der Waals surface area (Å²) in [6, 6.07) is 3.61. The first-order valence-corrected chi connectivity index (χ1v) is 6.78. The number of oxime groups is 1. The van der Waals surface area contributed by atoms with Crippen LogP contribution < -0.4 is 10.6 Å². The van der Waals surface area contributed by atoms with Gasteiger partial charge in [0, 0.05) is 25.8 Å². The highest BCUT2D eigenvalue weighted by atomic mass is 16.4. The van der Waals surface area contributed by atoms with Gasteiger partial charge in [0.1, 0.15) is 5.82 Å². The summed E-state index contributed by atoms with van der Waals surface area (Å²) < 4.78 is 0. The highest BCUT2D eigenvalue weighted by Gasteiger charge is 2.16. The van der Waals surface area contributed by atoms with E-state index in [2.05, 4.69) is 33.8 Å². The number of nitrogens with zero attached hydrogens (tertiary/aromatic N) is 4. The number of nitrogens with two attached hydrogens (primary N) is 1. The van der Waals surface area contributed by atoms with Gasteiger partial charge in [-0.05, 0) is 32.1 Å². The van der Waals surface area contributed by atoms with Crippen LogP contribution in [-0.4, -0.2) is 54.7 Å². The molecule has 0 aliphatic carbocycles. The number of aromatic nitrogens is 1. The van der Waals surface area contributed by atoms with Crippen LogP contribution in [0.1, 0.15) is 19.4 Å². The highest BCUT2D eigenvalue weighted by molar-refractivity contribution is 6.01. The summed E-state index contributed by atoms with van der Waals surface area (Å²) in [6.07, 6.45) is 1.73. The van der Waals surface area contributed by atoms with E-state index in [1.807, 2.05) is 20.2 Å². The monoisotopic (exact) mass is 279 g/mol. The quantitative estimate of drug-likeness (QED) is 0.339. The molecule has 0 saturated carbocycles. The first kappa shape index (κ1) is 16.2. The maximum Gasteiger partial charge on any atom is 0.173 e. The Hall–Kier alpha value is -1.82. The van der Waals surface area contributed by atoms with Gasteiger partial charge in [-0.2, -0.15) is 0 Å². The van der Waals surface area contributed by atoms with Gasteiger partial charge in [-0.25, -0.2) is 4.98 Å². The van der Waals surface area contributed by atoms with Gasteiger partial charge in [-0.1, -0.05) is 19.0 Å². The molecule has 0 amide bonds. The lowest BCUT2D eigenvalue weighted by atomic mass is 10.1. The average molecular weight is 279 g/mol. The molecular formula is C14H25N5O. The Kier molecular flexibility index (Phi) is 6.24. The van der Waals surface area contributed by atoms with Crippen LogP contribution >= 0.6 is 0 Å². The number of amidine groups is 1. The van der Waals surface area contributed by atoms with Crippen molar-refractivity contribution in [3.8, 4) is 0 Å². The molecule has 6 nitrogen and oxygen atoms in total. The summed E-state index contributed by atoms with van der Waals surface area (Å²) in [4.78, 5) is 8.72. The van der Waals surface area contributed by atoms with Gasteiger partial charge in [-0.15, -0.1) is 0 Å². The molecule has 1 aromatic heterocycles. The largest absolute Gasteiger partial charge is 0.409 e. The van der Waals surface area contributed by atoms with Gasteiger partial charge in [-0.3, -0.25) is 0 Å². The summed E-state index contributed by atoms with van der Waals surface area (Å²) in [7, 11) is 4.08. The second-order valence-corrected chi connectivity index (χ2v) is 5.50. The first-order chi connectivity index (χ1) is 9.45. The Bertz CT molecular complexity index is 445. The predicted octanol–water partition coefficient (Wildman–Crippen LogP) is 1.20. The third-order valence-electron chi connectivity index (χ3n) is 2.87. The van der Waals surface area contributed by atoms with E-state index in [4.69, 9.17) is 10.9 Å². The standard InChI is InChI=1S/C14H25N5O/c1-11(2)10-19(9-8-18(3)4)14-12(13(15)17-20)6-5-7-16-14/h5-7,11,20H,8-10H2,1-4H3,(H2,15,17). The smallest absolute Gasteiger partial charge is 0.173 e. The third-order valence-corrected chi connectivity index (χ3v) is 2.87. The van der Waals surface area contributed by atoms with E-state index >= 15 is 0 Å². The van der Waals surface area contributed by atoms with Crippen LogP contribution in [0.4, 0.5) is 5.82 Å². The van der Waals surface area contributed by atoms with Crippen LogP contribution in [0.15, 0.2) is 23.5 Å². The lowest BCUT2D eigenvalue weighted by molar-refractivity contribution is 0.318. The lowest BCUT2D eigenvalue weighted by Gasteiger charge is -2.28. The molecule has 0 unspecified atom stereocenters. The van der Waals surface area contributed by atoms with Gasteiger partial charge in [0.05, 0.1) is 5.56 Å². The second kappa shape index (κ2) is 7.69. The van der Waals surface area contributed by atoms with Crippen LogP contribution in [0.25, 0.3) is 0 Å². The normalized spacial score (nSPS) is 12.2. The third kappa shape index (κ3) is 4.70. The Morgan fingerprint density at radius 2 is 2.10 bits per heavy atom. The van der Waals surface area contributed by atoms with Crippen LogP contribution in [-0.2, 0) is 0 Å². The summed E-state index contributed by atoms with van der Waals surface area (Å²) in [5.41, 5.74) is 6.40. The molecule has 1 rings (SSSR count). The zero-order valence-electron chi connectivity index (χ0n) is 12.7. The second-order valence-electron chi connectivity index (χ2n) is 5.50. The zero-order valence-corrected chi connectivity index (χ0v) is 12.7. The molecule has 112 valence electrons. The Balaban J connectivity index is 3.06. The van der Waals surface area contributed by atoms with Gasteiger partial charge in [0.15, 0.2) is 5.84 Å². The fourth-order valence-corrected chi connectivity index (χ4v) is 1.95. The number of hydrogen-bond acceptors (Lipinski definition) is 5. The lowest BCUT2D eigenvalue weighted by Crippen LogP contribution is -2.36. The Morgan fingerprint density at radius 3 is 2.65 bits per heavy atom. The highest BCUT2D eigenvalue weighted by Crippen LogP contribution is 2.18. The van der Waals surface area contributed by atoms with E-state index in [0.717, 1.165) is 25.5 Å². The molecule has 1 heterocycles. The molecule has 0 atom stereocenters. The van der Waals surface area contributed by atoms with Gasteiger partial charge in [0.2, 0.25) is 0 Å². The first-order valence-electron chi connectivity index (χ1n) is 6.78. The fourth-order valence-electron chi connectivity index (χ4n) is 1.95.